The van der Waals surface area contributed by atoms with Crippen molar-refractivity contribution < 1.29 is 18.7 Å². The lowest BCUT2D eigenvalue weighted by Gasteiger charge is -2.02. The number of rotatable bonds is 18. The van der Waals surface area contributed by atoms with Gasteiger partial charge in [-0.15, -0.1) is 11.8 Å². The summed E-state index contributed by atoms with van der Waals surface area (Å²) in [5, 5.41) is 0. The van der Waals surface area contributed by atoms with Crippen LogP contribution in [-0.4, -0.2) is 24.1 Å². The van der Waals surface area contributed by atoms with Crippen LogP contribution in [-0.2, 0) is 9.53 Å². The average Bonchev–Trinajstić information content (AvgIpc) is 3.15. The molecule has 0 aliphatic carbocycles. The molecule has 0 fully saturated rings. The molecule has 0 bridgehead atoms. The van der Waals surface area contributed by atoms with E-state index in [4.69, 9.17) is 9.15 Å². The third-order valence-electron chi connectivity index (χ3n) is 4.68. The van der Waals surface area contributed by atoms with Gasteiger partial charge in [-0.3, -0.25) is 9.59 Å². The van der Waals surface area contributed by atoms with E-state index in [9.17, 15) is 9.59 Å². The second-order valence-electron chi connectivity index (χ2n) is 7.35. The van der Waals surface area contributed by atoms with Crippen LogP contribution < -0.4 is 0 Å². The summed E-state index contributed by atoms with van der Waals surface area (Å²) in [6.07, 6.45) is 16.4. The largest absolute Gasteiger partial charge is 0.465 e. The molecular weight excluding hydrogens is 372 g/mol. The summed E-state index contributed by atoms with van der Waals surface area (Å²) in [6.45, 7) is 4.66. The van der Waals surface area contributed by atoms with E-state index < -0.39 is 5.97 Å². The quantitative estimate of drug-likeness (QED) is 0.0841. The number of furan rings is 1. The maximum atomic E-state index is 12.1. The number of hydrogen-bond donors (Lipinski definition) is 0. The Bertz CT molecular complexity index is 538. The van der Waals surface area contributed by atoms with E-state index >= 15 is 0 Å². The van der Waals surface area contributed by atoms with Crippen LogP contribution >= 0.6 is 11.8 Å². The molecule has 1 aromatic rings. The minimum atomic E-state index is -0.477. The van der Waals surface area contributed by atoms with Crippen molar-refractivity contribution in [3.05, 3.63) is 18.1 Å². The number of esters is 1. The number of ketones is 1. The zero-order chi connectivity index (χ0) is 20.5. The van der Waals surface area contributed by atoms with Crippen LogP contribution in [0.2, 0.25) is 0 Å². The summed E-state index contributed by atoms with van der Waals surface area (Å²) in [7, 11) is 0. The molecule has 0 saturated heterocycles. The normalized spacial score (nSPS) is 10.9. The molecule has 0 aliphatic rings. The lowest BCUT2D eigenvalue weighted by Crippen LogP contribution is -2.11. The summed E-state index contributed by atoms with van der Waals surface area (Å²) >= 11 is 1.71. The third-order valence-corrected chi connectivity index (χ3v) is 5.72. The van der Waals surface area contributed by atoms with Gasteiger partial charge in [0.15, 0.2) is 5.76 Å². The van der Waals surface area contributed by atoms with Crippen molar-refractivity contribution in [3.63, 3.8) is 0 Å². The van der Waals surface area contributed by atoms with Gasteiger partial charge in [0, 0.05) is 11.0 Å². The Balaban J connectivity index is 2.07. The molecule has 1 rings (SSSR count). The van der Waals surface area contributed by atoms with Crippen LogP contribution in [0.3, 0.4) is 0 Å². The van der Waals surface area contributed by atoms with Gasteiger partial charge < -0.3 is 9.15 Å². The Morgan fingerprint density at radius 3 is 2.14 bits per heavy atom. The van der Waals surface area contributed by atoms with Gasteiger partial charge in [-0.2, -0.15) is 0 Å². The number of ether oxygens (including phenoxy) is 1. The molecular formula is C23H38O4S. The molecule has 0 amide bonds. The minimum Gasteiger partial charge on any atom is -0.465 e. The molecule has 4 nitrogen and oxygen atoms in total. The highest BCUT2D eigenvalue weighted by Crippen LogP contribution is 2.23. The smallest absolute Gasteiger partial charge is 0.313 e. The van der Waals surface area contributed by atoms with Crippen LogP contribution in [0.15, 0.2) is 21.6 Å². The zero-order valence-electron chi connectivity index (χ0n) is 17.8. The molecule has 0 radical (unpaired) electrons. The van der Waals surface area contributed by atoms with Crippen molar-refractivity contribution in [2.45, 2.75) is 102 Å². The Hall–Kier alpha value is -1.23. The van der Waals surface area contributed by atoms with Gasteiger partial charge in [0.1, 0.15) is 12.7 Å². The van der Waals surface area contributed by atoms with E-state index in [0.29, 0.717) is 6.61 Å². The number of unbranched alkanes of at least 4 members (excludes halogenated alkanes) is 10. The molecule has 0 aliphatic heterocycles. The first kappa shape index (κ1) is 24.8. The first-order valence-corrected chi connectivity index (χ1v) is 12.1. The summed E-state index contributed by atoms with van der Waals surface area (Å²) in [5.74, 6) is 0.489. The highest BCUT2D eigenvalue weighted by atomic mass is 32.2. The highest BCUT2D eigenvalue weighted by molar-refractivity contribution is 7.99. The van der Waals surface area contributed by atoms with Crippen molar-refractivity contribution in [3.8, 4) is 0 Å². The maximum absolute atomic E-state index is 12.1. The Kier molecular flexibility index (Phi) is 14.8. The summed E-state index contributed by atoms with van der Waals surface area (Å²) in [6, 6.07) is 1.74. The molecule has 1 aromatic heterocycles. The predicted octanol–water partition coefficient (Wildman–Crippen LogP) is 7.21. The number of thioether (sulfide) groups is 1. The average molecular weight is 411 g/mol. The van der Waals surface area contributed by atoms with Gasteiger partial charge >= 0.3 is 5.97 Å². The van der Waals surface area contributed by atoms with E-state index in [-0.39, 0.29) is 18.0 Å². The predicted molar refractivity (Wildman–Crippen MR) is 116 cm³/mol. The topological polar surface area (TPSA) is 56.5 Å². The van der Waals surface area contributed by atoms with E-state index in [0.717, 1.165) is 23.5 Å². The molecule has 28 heavy (non-hydrogen) atoms. The highest BCUT2D eigenvalue weighted by Gasteiger charge is 2.16. The molecule has 0 saturated carbocycles. The van der Waals surface area contributed by atoms with Gasteiger partial charge in [0.25, 0.3) is 0 Å². The van der Waals surface area contributed by atoms with Gasteiger partial charge in [-0.05, 0) is 18.6 Å². The van der Waals surface area contributed by atoms with Crippen LogP contribution in [0.4, 0.5) is 0 Å². The summed E-state index contributed by atoms with van der Waals surface area (Å²) < 4.78 is 10.3. The van der Waals surface area contributed by atoms with Gasteiger partial charge in [-0.25, -0.2) is 0 Å². The van der Waals surface area contributed by atoms with E-state index in [1.807, 2.05) is 6.92 Å². The number of Topliss-reactive ketones (excluding diaryl/α,β-unsaturated/α-hetero) is 1. The molecule has 0 unspecified atom stereocenters. The Labute approximate surface area is 175 Å². The van der Waals surface area contributed by atoms with Gasteiger partial charge in [0.05, 0.1) is 6.61 Å². The molecule has 0 atom stereocenters. The monoisotopic (exact) mass is 410 g/mol. The first-order valence-electron chi connectivity index (χ1n) is 11.1. The fraction of sp³-hybridized carbons (Fsp3) is 0.739. The number of carbonyl (C=O) groups is 2. The lowest BCUT2D eigenvalue weighted by molar-refractivity contribution is -0.142. The fourth-order valence-electron chi connectivity index (χ4n) is 2.92. The minimum absolute atomic E-state index is 0.248. The lowest BCUT2D eigenvalue weighted by atomic mass is 10.1. The Morgan fingerprint density at radius 1 is 0.893 bits per heavy atom. The van der Waals surface area contributed by atoms with Crippen molar-refractivity contribution in [1.29, 1.82) is 0 Å². The SMILES string of the molecule is CCCCCCCCCCCCSc1coc(C(=O)CC(=O)OCCCC)c1. The second kappa shape index (κ2) is 16.7. The van der Waals surface area contributed by atoms with E-state index in [2.05, 4.69) is 6.92 Å². The maximum Gasteiger partial charge on any atom is 0.313 e. The Morgan fingerprint density at radius 2 is 1.50 bits per heavy atom. The van der Waals surface area contributed by atoms with Crippen LogP contribution in [0, 0.1) is 0 Å². The van der Waals surface area contributed by atoms with Crippen LogP contribution in [0.25, 0.3) is 0 Å². The molecule has 0 N–H and O–H groups in total. The molecule has 1 heterocycles. The second-order valence-corrected chi connectivity index (χ2v) is 8.52. The summed E-state index contributed by atoms with van der Waals surface area (Å²) in [4.78, 5) is 24.6. The van der Waals surface area contributed by atoms with Crippen molar-refractivity contribution in [2.24, 2.45) is 0 Å². The molecule has 160 valence electrons. The fourth-order valence-corrected chi connectivity index (χ4v) is 3.81. The van der Waals surface area contributed by atoms with Crippen LogP contribution in [0.5, 0.6) is 0 Å². The van der Waals surface area contributed by atoms with Gasteiger partial charge in [-0.1, -0.05) is 78.1 Å². The first-order chi connectivity index (χ1) is 13.7. The van der Waals surface area contributed by atoms with Crippen molar-refractivity contribution in [1.82, 2.24) is 0 Å². The van der Waals surface area contributed by atoms with E-state index in [1.165, 1.54) is 64.2 Å². The van der Waals surface area contributed by atoms with E-state index in [1.54, 1.807) is 24.1 Å². The zero-order valence-corrected chi connectivity index (χ0v) is 18.6. The standard InChI is InChI=1S/C23H38O4S/c1-3-5-7-8-9-10-11-12-13-14-16-28-20-17-22(27-19-20)21(24)18-23(25)26-15-6-4-2/h17,19H,3-16,18H2,1-2H3. The molecule has 0 spiro atoms. The van der Waals surface area contributed by atoms with Crippen molar-refractivity contribution >= 4 is 23.5 Å². The molecule has 5 heteroatoms. The molecule has 0 aromatic carbocycles. The number of carbonyl (C=O) groups excluding carboxylic acids is 2. The summed E-state index contributed by atoms with van der Waals surface area (Å²) in [5.41, 5.74) is 0. The number of hydrogen-bond acceptors (Lipinski definition) is 5. The van der Waals surface area contributed by atoms with Gasteiger partial charge in [0.2, 0.25) is 5.78 Å². The van der Waals surface area contributed by atoms with Crippen LogP contribution in [0.1, 0.15) is 108 Å². The third kappa shape index (κ3) is 12.3. The van der Waals surface area contributed by atoms with Crippen molar-refractivity contribution in [2.75, 3.05) is 12.4 Å².